The number of ether oxygens (including phenoxy) is 1. The summed E-state index contributed by atoms with van der Waals surface area (Å²) in [6, 6.07) is -0.726. The first-order valence-corrected chi connectivity index (χ1v) is 27.5. The molecule has 0 aliphatic carbocycles. The van der Waals surface area contributed by atoms with E-state index in [1.165, 1.54) is 89.9 Å². The van der Waals surface area contributed by atoms with E-state index in [1.807, 2.05) is 0 Å². The van der Waals surface area contributed by atoms with E-state index in [9.17, 15) is 19.8 Å². The van der Waals surface area contributed by atoms with Crippen LogP contribution in [0.5, 0.6) is 0 Å². The fourth-order valence-corrected chi connectivity index (χ4v) is 7.88. The summed E-state index contributed by atoms with van der Waals surface area (Å²) in [6.07, 6.45) is 70.5. The highest BCUT2D eigenvalue weighted by atomic mass is 16.5. The number of amides is 1. The molecular formula is C60H103NO5. The monoisotopic (exact) mass is 918 g/mol. The number of allylic oxidation sites excluding steroid dienone is 16. The van der Waals surface area contributed by atoms with Gasteiger partial charge >= 0.3 is 5.97 Å². The highest BCUT2D eigenvalue weighted by molar-refractivity contribution is 5.77. The number of aliphatic hydroxyl groups excluding tert-OH is 2. The number of hydrogen-bond acceptors (Lipinski definition) is 5. The average Bonchev–Trinajstić information content (AvgIpc) is 3.31. The molecule has 378 valence electrons. The van der Waals surface area contributed by atoms with Crippen LogP contribution >= 0.6 is 0 Å². The highest BCUT2D eigenvalue weighted by Crippen LogP contribution is 2.18. The molecule has 1 amide bonds. The molecule has 0 aromatic rings. The van der Waals surface area contributed by atoms with Gasteiger partial charge in [-0.3, -0.25) is 9.59 Å². The molecule has 0 radical (unpaired) electrons. The molecule has 66 heavy (non-hydrogen) atoms. The van der Waals surface area contributed by atoms with Crippen LogP contribution < -0.4 is 5.32 Å². The maximum atomic E-state index is 13.2. The van der Waals surface area contributed by atoms with Gasteiger partial charge < -0.3 is 20.3 Å². The van der Waals surface area contributed by atoms with E-state index in [-0.39, 0.29) is 24.9 Å². The first kappa shape index (κ1) is 62.8. The molecule has 0 bridgehead atoms. The predicted octanol–water partition coefficient (Wildman–Crippen LogP) is 16.9. The van der Waals surface area contributed by atoms with Gasteiger partial charge in [-0.25, -0.2) is 0 Å². The minimum Gasteiger partial charge on any atom is -0.462 e. The fourth-order valence-electron chi connectivity index (χ4n) is 7.88. The predicted molar refractivity (Wildman–Crippen MR) is 287 cm³/mol. The molecule has 0 aromatic carbocycles. The number of esters is 1. The largest absolute Gasteiger partial charge is 0.462 e. The molecule has 3 unspecified atom stereocenters. The van der Waals surface area contributed by atoms with Gasteiger partial charge in [-0.1, -0.05) is 246 Å². The summed E-state index contributed by atoms with van der Waals surface area (Å²) < 4.78 is 5.91. The molecule has 6 heteroatoms. The van der Waals surface area contributed by atoms with Crippen LogP contribution in [0.4, 0.5) is 0 Å². The second-order valence-corrected chi connectivity index (χ2v) is 18.3. The second kappa shape index (κ2) is 52.7. The van der Waals surface area contributed by atoms with Gasteiger partial charge in [0.25, 0.3) is 0 Å². The summed E-state index contributed by atoms with van der Waals surface area (Å²) >= 11 is 0. The summed E-state index contributed by atoms with van der Waals surface area (Å²) in [6.45, 7) is 6.23. The molecular weight excluding hydrogens is 815 g/mol. The van der Waals surface area contributed by atoms with Crippen molar-refractivity contribution in [1.82, 2.24) is 5.32 Å². The minimum absolute atomic E-state index is 0.0363. The van der Waals surface area contributed by atoms with Crippen LogP contribution in [-0.4, -0.2) is 46.9 Å². The number of carbonyl (C=O) groups is 2. The van der Waals surface area contributed by atoms with Crippen molar-refractivity contribution in [3.05, 3.63) is 97.2 Å². The zero-order chi connectivity index (χ0) is 48.1. The molecule has 0 aromatic heterocycles. The van der Waals surface area contributed by atoms with Crippen molar-refractivity contribution in [2.75, 3.05) is 6.61 Å². The average molecular weight is 918 g/mol. The lowest BCUT2D eigenvalue weighted by molar-refractivity contribution is -0.151. The lowest BCUT2D eigenvalue weighted by Gasteiger charge is -2.24. The zero-order valence-electron chi connectivity index (χ0n) is 43.0. The van der Waals surface area contributed by atoms with Crippen LogP contribution in [0.15, 0.2) is 97.2 Å². The van der Waals surface area contributed by atoms with Crippen molar-refractivity contribution in [3.63, 3.8) is 0 Å². The van der Waals surface area contributed by atoms with E-state index in [0.29, 0.717) is 25.7 Å². The third-order valence-electron chi connectivity index (χ3n) is 12.0. The van der Waals surface area contributed by atoms with Crippen LogP contribution in [0.1, 0.15) is 245 Å². The summed E-state index contributed by atoms with van der Waals surface area (Å²) in [5.74, 6) is -0.568. The summed E-state index contributed by atoms with van der Waals surface area (Å²) in [7, 11) is 0. The standard InChI is InChI=1S/C60H103NO5/c1-4-7-10-13-16-19-22-25-27-29-31-34-37-40-43-46-49-52-58(63)57(55-62)61-59(64)54-56(51-48-45-42-39-36-33-24-21-18-15-12-9-6-3)66-60(65)53-50-47-44-41-38-35-32-30-28-26-23-20-17-14-11-8-5-2/h8-9,11-12,15,17-18,20-21,24,26,28,32,35,41,44,56-58,62-63H,4-7,10,13-14,16,19,22-23,25,27,29-31,33-34,36-40,42-43,45-55H2,1-3H3,(H,61,64)/b11-8-,12-9+,18-15+,20-17-,24-21+,28-26-,35-32-,44-41-. The SMILES string of the molecule is CC/C=C\C/C=C\C/C=C\C/C=C\C/C=C\CCCC(=O)OC(CCCCCCC/C=C/C=C/C=C/CC)CC(=O)NC(CO)C(O)CCCCCCCCCCCCCCCCCCC. The summed E-state index contributed by atoms with van der Waals surface area (Å²) in [4.78, 5) is 26.2. The van der Waals surface area contributed by atoms with E-state index >= 15 is 0 Å². The Morgan fingerprint density at radius 3 is 1.39 bits per heavy atom. The number of nitrogens with one attached hydrogen (secondary N) is 1. The van der Waals surface area contributed by atoms with Crippen LogP contribution in [-0.2, 0) is 14.3 Å². The molecule has 0 saturated heterocycles. The molecule has 0 saturated carbocycles. The zero-order valence-corrected chi connectivity index (χ0v) is 43.0. The summed E-state index contributed by atoms with van der Waals surface area (Å²) in [5, 5.41) is 23.8. The van der Waals surface area contributed by atoms with Gasteiger partial charge in [-0.2, -0.15) is 0 Å². The van der Waals surface area contributed by atoms with Gasteiger partial charge in [0, 0.05) is 6.42 Å². The first-order chi connectivity index (χ1) is 32.5. The van der Waals surface area contributed by atoms with Gasteiger partial charge in [-0.05, 0) is 83.5 Å². The Bertz CT molecular complexity index is 1310. The van der Waals surface area contributed by atoms with Gasteiger partial charge in [0.15, 0.2) is 0 Å². The molecule has 0 aliphatic heterocycles. The smallest absolute Gasteiger partial charge is 0.306 e. The van der Waals surface area contributed by atoms with Crippen molar-refractivity contribution >= 4 is 11.9 Å². The third kappa shape index (κ3) is 47.3. The van der Waals surface area contributed by atoms with Gasteiger partial charge in [0.1, 0.15) is 6.10 Å². The van der Waals surface area contributed by atoms with E-state index in [0.717, 1.165) is 103 Å². The minimum atomic E-state index is -0.809. The lowest BCUT2D eigenvalue weighted by atomic mass is 10.0. The Morgan fingerprint density at radius 1 is 0.470 bits per heavy atom. The van der Waals surface area contributed by atoms with Crippen LogP contribution in [0.25, 0.3) is 0 Å². The van der Waals surface area contributed by atoms with E-state index < -0.39 is 18.2 Å². The van der Waals surface area contributed by atoms with Gasteiger partial charge in [0.05, 0.1) is 25.2 Å². The van der Waals surface area contributed by atoms with Crippen molar-refractivity contribution in [1.29, 1.82) is 0 Å². The van der Waals surface area contributed by atoms with E-state index in [2.05, 4.69) is 123 Å². The molecule has 0 spiro atoms. The normalized spacial score (nSPS) is 14.0. The van der Waals surface area contributed by atoms with Crippen molar-refractivity contribution in [2.45, 2.75) is 264 Å². The van der Waals surface area contributed by atoms with Crippen LogP contribution in [0.2, 0.25) is 0 Å². The number of carbonyl (C=O) groups excluding carboxylic acids is 2. The van der Waals surface area contributed by atoms with Gasteiger partial charge in [-0.15, -0.1) is 0 Å². The Balaban J connectivity index is 4.64. The highest BCUT2D eigenvalue weighted by Gasteiger charge is 2.24. The molecule has 6 nitrogen and oxygen atoms in total. The Kier molecular flexibility index (Phi) is 50.2. The second-order valence-electron chi connectivity index (χ2n) is 18.3. The maximum Gasteiger partial charge on any atom is 0.306 e. The van der Waals surface area contributed by atoms with Crippen molar-refractivity contribution < 1.29 is 24.5 Å². The van der Waals surface area contributed by atoms with Crippen LogP contribution in [0, 0.1) is 0 Å². The Labute approximate surface area is 407 Å². The quantitative estimate of drug-likeness (QED) is 0.0245. The van der Waals surface area contributed by atoms with Crippen molar-refractivity contribution in [3.8, 4) is 0 Å². The number of hydrogen-bond donors (Lipinski definition) is 3. The van der Waals surface area contributed by atoms with E-state index in [4.69, 9.17) is 4.74 Å². The van der Waals surface area contributed by atoms with Crippen molar-refractivity contribution in [2.24, 2.45) is 0 Å². The number of rotatable bonds is 48. The molecule has 0 rings (SSSR count). The Morgan fingerprint density at radius 2 is 0.894 bits per heavy atom. The number of aliphatic hydroxyl groups is 2. The fraction of sp³-hybridized carbons (Fsp3) is 0.700. The molecule has 3 N–H and O–H groups in total. The molecule has 0 aliphatic rings. The Hall–Kier alpha value is -3.22. The number of unbranched alkanes of at least 4 members (excludes halogenated alkanes) is 22. The molecule has 0 fully saturated rings. The maximum absolute atomic E-state index is 13.2. The van der Waals surface area contributed by atoms with Crippen LogP contribution in [0.3, 0.4) is 0 Å². The molecule has 0 heterocycles. The van der Waals surface area contributed by atoms with E-state index in [1.54, 1.807) is 0 Å². The summed E-state index contributed by atoms with van der Waals surface area (Å²) in [5.41, 5.74) is 0. The topological polar surface area (TPSA) is 95.9 Å². The third-order valence-corrected chi connectivity index (χ3v) is 12.0. The molecule has 3 atom stereocenters. The first-order valence-electron chi connectivity index (χ1n) is 27.5. The van der Waals surface area contributed by atoms with Gasteiger partial charge in [0.2, 0.25) is 5.91 Å². The lowest BCUT2D eigenvalue weighted by Crippen LogP contribution is -2.46.